The first-order valence-electron chi connectivity index (χ1n) is 5.47. The fraction of sp³-hybridized carbons (Fsp3) is 0.500. The summed E-state index contributed by atoms with van der Waals surface area (Å²) in [7, 11) is 0. The first-order chi connectivity index (χ1) is 7.18. The van der Waals surface area contributed by atoms with Crippen LogP contribution in [0, 0.1) is 11.8 Å². The van der Waals surface area contributed by atoms with Crippen LogP contribution in [0.25, 0.3) is 0 Å². The highest BCUT2D eigenvalue weighted by Crippen LogP contribution is 2.43. The molecule has 0 bridgehead atoms. The molecule has 15 heavy (non-hydrogen) atoms. The molecule has 3 nitrogen and oxygen atoms in total. The van der Waals surface area contributed by atoms with Gasteiger partial charge in [0.25, 0.3) is 0 Å². The minimum absolute atomic E-state index is 0.294. The molecule has 0 amide bonds. The van der Waals surface area contributed by atoms with Crippen LogP contribution in [0.5, 0.6) is 0 Å². The molecule has 3 heteroatoms. The highest BCUT2D eigenvalue weighted by atomic mass is 16.5. The summed E-state index contributed by atoms with van der Waals surface area (Å²) in [4.78, 5) is 0. The fourth-order valence-electron chi connectivity index (χ4n) is 2.94. The molecule has 1 aliphatic heterocycles. The van der Waals surface area contributed by atoms with Crippen LogP contribution < -0.4 is 5.32 Å². The zero-order valence-corrected chi connectivity index (χ0v) is 8.48. The third-order valence-electron chi connectivity index (χ3n) is 3.65. The molecule has 1 saturated heterocycles. The third-order valence-corrected chi connectivity index (χ3v) is 3.65. The van der Waals surface area contributed by atoms with Gasteiger partial charge in [0, 0.05) is 18.0 Å². The van der Waals surface area contributed by atoms with Crippen molar-refractivity contribution in [2.45, 2.75) is 18.8 Å². The molecule has 3 aliphatic rings. The normalized spacial score (nSPS) is 36.7. The summed E-state index contributed by atoms with van der Waals surface area (Å²) >= 11 is 0. The monoisotopic (exact) mass is 205 g/mol. The van der Waals surface area contributed by atoms with Gasteiger partial charge in [-0.15, -0.1) is 0 Å². The topological polar surface area (TPSA) is 52.5 Å². The van der Waals surface area contributed by atoms with Crippen molar-refractivity contribution < 1.29 is 10.2 Å². The van der Waals surface area contributed by atoms with Crippen molar-refractivity contribution in [1.29, 1.82) is 0 Å². The van der Waals surface area contributed by atoms with Crippen LogP contribution in [0.2, 0.25) is 0 Å². The maximum Gasteiger partial charge on any atom is 0.247 e. The predicted molar refractivity (Wildman–Crippen MR) is 56.7 cm³/mol. The Kier molecular flexibility index (Phi) is 1.89. The predicted octanol–water partition coefficient (Wildman–Crippen LogP) is 0.677. The Morgan fingerprint density at radius 3 is 3.00 bits per heavy atom. The Balaban J connectivity index is 2.12. The lowest BCUT2D eigenvalue weighted by molar-refractivity contribution is -0.141. The molecular weight excluding hydrogens is 190 g/mol. The molecule has 0 aromatic heterocycles. The molecule has 3 N–H and O–H groups in total. The second kappa shape index (κ2) is 3.04. The Labute approximate surface area is 88.8 Å². The first-order valence-corrected chi connectivity index (χ1v) is 5.47. The Morgan fingerprint density at radius 1 is 1.27 bits per heavy atom. The molecule has 80 valence electrons. The van der Waals surface area contributed by atoms with Crippen molar-refractivity contribution in [2.75, 3.05) is 6.54 Å². The first kappa shape index (κ1) is 9.33. The molecule has 1 heterocycles. The van der Waals surface area contributed by atoms with Crippen molar-refractivity contribution in [2.24, 2.45) is 11.8 Å². The molecular formula is C12H15NO2. The van der Waals surface area contributed by atoms with Crippen molar-refractivity contribution in [1.82, 2.24) is 5.32 Å². The molecule has 0 saturated carbocycles. The van der Waals surface area contributed by atoms with Gasteiger partial charge in [0.2, 0.25) is 5.91 Å². The molecule has 0 aromatic rings. The summed E-state index contributed by atoms with van der Waals surface area (Å²) in [6.45, 7) is 0.677. The van der Waals surface area contributed by atoms with E-state index in [2.05, 4.69) is 11.4 Å². The highest BCUT2D eigenvalue weighted by Gasteiger charge is 2.45. The lowest BCUT2D eigenvalue weighted by atomic mass is 9.75. The average molecular weight is 205 g/mol. The van der Waals surface area contributed by atoms with Gasteiger partial charge in [-0.2, -0.15) is 0 Å². The van der Waals surface area contributed by atoms with Crippen LogP contribution in [0.4, 0.5) is 0 Å². The summed E-state index contributed by atoms with van der Waals surface area (Å²) in [5.74, 6) is -1.11. The lowest BCUT2D eigenvalue weighted by Gasteiger charge is -2.31. The summed E-state index contributed by atoms with van der Waals surface area (Å²) < 4.78 is 0. The number of hydrogen-bond acceptors (Lipinski definition) is 3. The van der Waals surface area contributed by atoms with Crippen LogP contribution >= 0.6 is 0 Å². The number of fused-ring (bicyclic) bond motifs is 2. The van der Waals surface area contributed by atoms with E-state index in [0.717, 1.165) is 24.0 Å². The minimum atomic E-state index is -1.78. The van der Waals surface area contributed by atoms with Gasteiger partial charge in [-0.3, -0.25) is 5.32 Å². The fourth-order valence-corrected chi connectivity index (χ4v) is 2.94. The number of rotatable bonds is 0. The van der Waals surface area contributed by atoms with Crippen LogP contribution in [-0.4, -0.2) is 22.7 Å². The van der Waals surface area contributed by atoms with E-state index in [-0.39, 0.29) is 0 Å². The van der Waals surface area contributed by atoms with Crippen LogP contribution in [0.1, 0.15) is 12.8 Å². The summed E-state index contributed by atoms with van der Waals surface area (Å²) in [5, 5.41) is 22.5. The lowest BCUT2D eigenvalue weighted by Crippen LogP contribution is -2.41. The summed E-state index contributed by atoms with van der Waals surface area (Å²) in [6.07, 6.45) is 10.3. The quantitative estimate of drug-likeness (QED) is 0.510. The molecule has 0 radical (unpaired) electrons. The van der Waals surface area contributed by atoms with Gasteiger partial charge in [-0.05, 0) is 24.3 Å². The van der Waals surface area contributed by atoms with Gasteiger partial charge >= 0.3 is 0 Å². The largest absolute Gasteiger partial charge is 0.350 e. The molecule has 2 unspecified atom stereocenters. The van der Waals surface area contributed by atoms with E-state index in [9.17, 15) is 10.2 Å². The van der Waals surface area contributed by atoms with Crippen LogP contribution in [-0.2, 0) is 0 Å². The average Bonchev–Trinajstić information content (AvgIpc) is 2.55. The van der Waals surface area contributed by atoms with E-state index in [1.54, 1.807) is 0 Å². The van der Waals surface area contributed by atoms with Gasteiger partial charge in [0.05, 0.1) is 0 Å². The third kappa shape index (κ3) is 1.31. The zero-order valence-electron chi connectivity index (χ0n) is 8.48. The van der Waals surface area contributed by atoms with Crippen molar-refractivity contribution >= 4 is 0 Å². The summed E-state index contributed by atoms with van der Waals surface area (Å²) in [6, 6.07) is 0. The standard InChI is InChI=1S/C12H15NO2/c14-12(15)11-9(7-13-12)6-5-8-3-1-2-4-10(8)11/h1-4,8-9,13-15H,5-7H2. The maximum absolute atomic E-state index is 9.86. The van der Waals surface area contributed by atoms with Crippen molar-refractivity contribution in [3.8, 4) is 0 Å². The van der Waals surface area contributed by atoms with E-state index in [1.165, 1.54) is 0 Å². The molecule has 2 aliphatic carbocycles. The minimum Gasteiger partial charge on any atom is -0.350 e. The Bertz CT molecular complexity index is 379. The zero-order chi connectivity index (χ0) is 10.5. The highest BCUT2D eigenvalue weighted by molar-refractivity contribution is 5.43. The molecule has 2 atom stereocenters. The van der Waals surface area contributed by atoms with Gasteiger partial charge in [-0.1, -0.05) is 24.3 Å². The second-order valence-electron chi connectivity index (χ2n) is 4.55. The number of hydrogen-bond donors (Lipinski definition) is 3. The van der Waals surface area contributed by atoms with Crippen molar-refractivity contribution in [3.63, 3.8) is 0 Å². The Hall–Kier alpha value is -0.900. The van der Waals surface area contributed by atoms with E-state index < -0.39 is 5.91 Å². The molecule has 0 aromatic carbocycles. The van der Waals surface area contributed by atoms with E-state index in [1.807, 2.05) is 18.2 Å². The smallest absolute Gasteiger partial charge is 0.247 e. The number of nitrogens with one attached hydrogen (secondary N) is 1. The number of aliphatic hydroxyl groups is 2. The molecule has 3 rings (SSSR count). The Morgan fingerprint density at radius 2 is 2.13 bits per heavy atom. The van der Waals surface area contributed by atoms with E-state index in [4.69, 9.17) is 0 Å². The van der Waals surface area contributed by atoms with Gasteiger partial charge < -0.3 is 10.2 Å². The van der Waals surface area contributed by atoms with Crippen molar-refractivity contribution in [3.05, 3.63) is 35.5 Å². The molecule has 1 fully saturated rings. The van der Waals surface area contributed by atoms with Gasteiger partial charge in [-0.25, -0.2) is 0 Å². The SMILES string of the molecule is OC1(O)NCC2CCC3C=CC=CC3=C21. The number of allylic oxidation sites excluding steroid dienone is 5. The summed E-state index contributed by atoms with van der Waals surface area (Å²) in [5.41, 5.74) is 1.89. The maximum atomic E-state index is 9.86. The van der Waals surface area contributed by atoms with Gasteiger partial charge in [0.15, 0.2) is 0 Å². The molecule has 0 spiro atoms. The van der Waals surface area contributed by atoms with Gasteiger partial charge in [0.1, 0.15) is 0 Å². The second-order valence-corrected chi connectivity index (χ2v) is 4.55. The van der Waals surface area contributed by atoms with Crippen LogP contribution in [0.15, 0.2) is 35.5 Å². The van der Waals surface area contributed by atoms with E-state index >= 15 is 0 Å². The van der Waals surface area contributed by atoms with Crippen LogP contribution in [0.3, 0.4) is 0 Å². The van der Waals surface area contributed by atoms with E-state index in [0.29, 0.717) is 18.4 Å².